The Kier molecular flexibility index (Phi) is 1.53. The number of allylic oxidation sites excluding steroid dienone is 1. The summed E-state index contributed by atoms with van der Waals surface area (Å²) < 4.78 is 0. The molecule has 1 rings (SSSR count). The van der Waals surface area contributed by atoms with Gasteiger partial charge in [-0.2, -0.15) is 0 Å². The first kappa shape index (κ1) is 6.29. The van der Waals surface area contributed by atoms with Crippen LogP contribution in [0.25, 0.3) is 0 Å². The topological polar surface area (TPSA) is 55.4 Å². The number of alkyl halides is 1. The Labute approximate surface area is 57.2 Å². The molecule has 2 N–H and O–H groups in total. The lowest BCUT2D eigenvalue weighted by atomic mass is 10.2. The largest absolute Gasteiger partial charge is 0.400 e. The third-order valence-electron chi connectivity index (χ3n) is 0.978. The van der Waals surface area contributed by atoms with Crippen LogP contribution in [-0.4, -0.2) is 17.5 Å². The smallest absolute Gasteiger partial charge is 0.269 e. The van der Waals surface area contributed by atoms with Crippen LogP contribution in [0.1, 0.15) is 0 Å². The van der Waals surface area contributed by atoms with Gasteiger partial charge in [0.15, 0.2) is 5.38 Å². The van der Waals surface area contributed by atoms with E-state index in [2.05, 4.69) is 4.99 Å². The fourth-order valence-electron chi connectivity index (χ4n) is 0.489. The van der Waals surface area contributed by atoms with Gasteiger partial charge < -0.3 is 5.73 Å². The third kappa shape index (κ3) is 1.10. The normalized spacial score (nSPS) is 26.1. The van der Waals surface area contributed by atoms with Gasteiger partial charge in [-0.25, -0.2) is 4.99 Å². The predicted molar refractivity (Wildman–Crippen MR) is 35.4 cm³/mol. The average molecular weight is 145 g/mol. The SMILES string of the molecule is NC1=CC=NC(=O)C1Cl. The van der Waals surface area contributed by atoms with Crippen LogP contribution in [-0.2, 0) is 4.79 Å². The predicted octanol–water partition coefficient (Wildman–Crippen LogP) is 0.0474. The second-order valence-electron chi connectivity index (χ2n) is 1.65. The summed E-state index contributed by atoms with van der Waals surface area (Å²) in [5, 5.41) is -0.755. The van der Waals surface area contributed by atoms with E-state index in [1.807, 2.05) is 0 Å². The van der Waals surface area contributed by atoms with Gasteiger partial charge >= 0.3 is 0 Å². The van der Waals surface area contributed by atoms with Gasteiger partial charge in [-0.15, -0.1) is 11.6 Å². The summed E-state index contributed by atoms with van der Waals surface area (Å²) in [6, 6.07) is 0. The molecule has 0 fully saturated rings. The lowest BCUT2D eigenvalue weighted by molar-refractivity contribution is -0.116. The molecule has 0 aromatic rings. The van der Waals surface area contributed by atoms with Gasteiger partial charge in [0.1, 0.15) is 0 Å². The van der Waals surface area contributed by atoms with Crippen molar-refractivity contribution in [3.63, 3.8) is 0 Å². The van der Waals surface area contributed by atoms with Gasteiger partial charge in [-0.05, 0) is 6.08 Å². The van der Waals surface area contributed by atoms with Crippen molar-refractivity contribution in [3.05, 3.63) is 11.8 Å². The maximum Gasteiger partial charge on any atom is 0.269 e. The van der Waals surface area contributed by atoms with Crippen molar-refractivity contribution in [1.29, 1.82) is 0 Å². The number of carbonyl (C=O) groups excluding carboxylic acids is 1. The van der Waals surface area contributed by atoms with Crippen molar-refractivity contribution < 1.29 is 4.79 Å². The van der Waals surface area contributed by atoms with E-state index >= 15 is 0 Å². The molecule has 9 heavy (non-hydrogen) atoms. The molecule has 0 radical (unpaired) electrons. The summed E-state index contributed by atoms with van der Waals surface area (Å²) in [6.07, 6.45) is 2.86. The number of dihydropyridines is 1. The molecule has 0 aliphatic carbocycles. The number of carbonyl (C=O) groups is 1. The quantitative estimate of drug-likeness (QED) is 0.489. The molecule has 1 amide bonds. The zero-order valence-electron chi connectivity index (χ0n) is 4.54. The molecule has 0 saturated carbocycles. The Morgan fingerprint density at radius 2 is 2.44 bits per heavy atom. The molecule has 48 valence electrons. The van der Waals surface area contributed by atoms with Gasteiger partial charge in [0.25, 0.3) is 5.91 Å². The number of nitrogens with two attached hydrogens (primary N) is 1. The standard InChI is InChI=1S/C5H5ClN2O/c6-4-3(7)1-2-8-5(4)9/h1-2,4H,7H2. The number of hydrogen-bond donors (Lipinski definition) is 1. The van der Waals surface area contributed by atoms with Crippen LogP contribution < -0.4 is 5.73 Å². The minimum Gasteiger partial charge on any atom is -0.400 e. The fraction of sp³-hybridized carbons (Fsp3) is 0.200. The highest BCUT2D eigenvalue weighted by Gasteiger charge is 2.18. The van der Waals surface area contributed by atoms with Crippen LogP contribution in [0.3, 0.4) is 0 Å². The zero-order valence-corrected chi connectivity index (χ0v) is 5.30. The highest BCUT2D eigenvalue weighted by molar-refractivity contribution is 6.34. The number of amides is 1. The van der Waals surface area contributed by atoms with E-state index in [1.165, 1.54) is 12.3 Å². The van der Waals surface area contributed by atoms with E-state index in [-0.39, 0.29) is 0 Å². The Balaban J connectivity index is 2.86. The molecular formula is C5H5ClN2O. The number of rotatable bonds is 0. The molecular weight excluding hydrogens is 140 g/mol. The molecule has 4 heteroatoms. The van der Waals surface area contributed by atoms with Crippen LogP contribution in [0.15, 0.2) is 16.8 Å². The first-order valence-corrected chi connectivity index (χ1v) is 2.83. The highest BCUT2D eigenvalue weighted by Crippen LogP contribution is 2.08. The van der Waals surface area contributed by atoms with Crippen molar-refractivity contribution in [2.24, 2.45) is 10.7 Å². The van der Waals surface area contributed by atoms with E-state index < -0.39 is 11.3 Å². The van der Waals surface area contributed by atoms with Gasteiger partial charge in [0.05, 0.1) is 0 Å². The molecule has 1 atom stereocenters. The van der Waals surface area contributed by atoms with E-state index in [9.17, 15) is 4.79 Å². The molecule has 1 unspecified atom stereocenters. The fourth-order valence-corrected chi connectivity index (χ4v) is 0.618. The Bertz CT molecular complexity index is 197. The van der Waals surface area contributed by atoms with Crippen LogP contribution in [0, 0.1) is 0 Å². The first-order valence-electron chi connectivity index (χ1n) is 2.39. The Hall–Kier alpha value is -0.830. The van der Waals surface area contributed by atoms with Crippen molar-refractivity contribution in [1.82, 2.24) is 0 Å². The molecule has 1 heterocycles. The number of aliphatic imine (C=N–C) groups is 1. The summed E-state index contributed by atoms with van der Waals surface area (Å²) in [7, 11) is 0. The minimum absolute atomic E-state index is 0.358. The number of halogens is 1. The lowest BCUT2D eigenvalue weighted by Gasteiger charge is -2.06. The van der Waals surface area contributed by atoms with Crippen LogP contribution in [0.2, 0.25) is 0 Å². The highest BCUT2D eigenvalue weighted by atomic mass is 35.5. The maximum absolute atomic E-state index is 10.6. The van der Waals surface area contributed by atoms with E-state index in [0.29, 0.717) is 5.70 Å². The molecule has 3 nitrogen and oxygen atoms in total. The van der Waals surface area contributed by atoms with Gasteiger partial charge in [0, 0.05) is 11.9 Å². The zero-order chi connectivity index (χ0) is 6.85. The van der Waals surface area contributed by atoms with Crippen LogP contribution in [0.5, 0.6) is 0 Å². The van der Waals surface area contributed by atoms with Gasteiger partial charge in [-0.3, -0.25) is 4.79 Å². The Morgan fingerprint density at radius 1 is 1.78 bits per heavy atom. The first-order chi connectivity index (χ1) is 4.22. The molecule has 0 aromatic heterocycles. The molecule has 0 aromatic carbocycles. The van der Waals surface area contributed by atoms with Gasteiger partial charge in [-0.1, -0.05) is 0 Å². The van der Waals surface area contributed by atoms with E-state index in [1.54, 1.807) is 0 Å². The lowest BCUT2D eigenvalue weighted by Crippen LogP contribution is -2.23. The summed E-state index contributed by atoms with van der Waals surface area (Å²) in [5.74, 6) is -0.392. The molecule has 0 saturated heterocycles. The molecule has 0 spiro atoms. The second kappa shape index (κ2) is 2.19. The second-order valence-corrected chi connectivity index (χ2v) is 2.08. The van der Waals surface area contributed by atoms with Crippen molar-refractivity contribution >= 4 is 23.7 Å². The summed E-state index contributed by atoms with van der Waals surface area (Å²) in [5.41, 5.74) is 5.64. The molecule has 1 aliphatic rings. The number of hydrogen-bond acceptors (Lipinski definition) is 2. The maximum atomic E-state index is 10.6. The summed E-state index contributed by atoms with van der Waals surface area (Å²) >= 11 is 5.46. The monoisotopic (exact) mass is 144 g/mol. The average Bonchev–Trinajstić information content (AvgIpc) is 1.83. The van der Waals surface area contributed by atoms with Crippen LogP contribution >= 0.6 is 11.6 Å². The van der Waals surface area contributed by atoms with Crippen molar-refractivity contribution in [2.75, 3.05) is 0 Å². The third-order valence-corrected chi connectivity index (χ3v) is 1.42. The molecule has 1 aliphatic heterocycles. The summed E-state index contributed by atoms with van der Waals surface area (Å²) in [6.45, 7) is 0. The summed E-state index contributed by atoms with van der Waals surface area (Å²) in [4.78, 5) is 14.0. The van der Waals surface area contributed by atoms with Gasteiger partial charge in [0.2, 0.25) is 0 Å². The van der Waals surface area contributed by atoms with E-state index in [0.717, 1.165) is 0 Å². The van der Waals surface area contributed by atoms with Crippen LogP contribution in [0.4, 0.5) is 0 Å². The minimum atomic E-state index is -0.755. The van der Waals surface area contributed by atoms with Crippen molar-refractivity contribution in [3.8, 4) is 0 Å². The Morgan fingerprint density at radius 3 is 2.89 bits per heavy atom. The van der Waals surface area contributed by atoms with E-state index in [4.69, 9.17) is 17.3 Å². The van der Waals surface area contributed by atoms with Crippen molar-refractivity contribution in [2.45, 2.75) is 5.38 Å². The molecule has 0 bridgehead atoms. The number of nitrogens with zero attached hydrogens (tertiary/aromatic N) is 1.